The molecule has 0 saturated heterocycles. The van der Waals surface area contributed by atoms with Crippen LogP contribution in [0.5, 0.6) is 5.75 Å². The van der Waals surface area contributed by atoms with E-state index in [2.05, 4.69) is 10.6 Å². The summed E-state index contributed by atoms with van der Waals surface area (Å²) in [5.41, 5.74) is -0.543. The van der Waals surface area contributed by atoms with Crippen LogP contribution >= 0.6 is 0 Å². The molecular weight excluding hydrogens is 284 g/mol. The van der Waals surface area contributed by atoms with Crippen LogP contribution in [0.25, 0.3) is 0 Å². The molecular formula is C16H24N2O4. The molecule has 122 valence electrons. The number of methoxy groups -OCH3 is 2. The summed E-state index contributed by atoms with van der Waals surface area (Å²) in [6, 6.07) is 6.94. The zero-order valence-corrected chi connectivity index (χ0v) is 13.6. The molecule has 0 radical (unpaired) electrons. The third-order valence-corrected chi connectivity index (χ3v) is 3.29. The van der Waals surface area contributed by atoms with Crippen LogP contribution in [0.2, 0.25) is 0 Å². The zero-order valence-electron chi connectivity index (χ0n) is 13.6. The van der Waals surface area contributed by atoms with Crippen molar-refractivity contribution in [1.82, 2.24) is 5.32 Å². The van der Waals surface area contributed by atoms with E-state index in [0.717, 1.165) is 0 Å². The molecule has 0 bridgehead atoms. The van der Waals surface area contributed by atoms with E-state index in [-0.39, 0.29) is 11.8 Å². The average Bonchev–Trinajstić information content (AvgIpc) is 2.51. The average molecular weight is 308 g/mol. The molecule has 0 spiro atoms. The second kappa shape index (κ2) is 8.38. The molecule has 6 nitrogen and oxygen atoms in total. The Morgan fingerprint density at radius 1 is 1.09 bits per heavy atom. The third kappa shape index (κ3) is 5.04. The molecule has 1 aromatic carbocycles. The summed E-state index contributed by atoms with van der Waals surface area (Å²) in [5, 5.41) is 5.48. The standard InChI is InChI=1S/C16H24N2O4/c1-16(2,14(19)17-10-5-11-21-3)15(20)18-12-6-8-13(22-4)9-7-12/h6-9H,5,10-11H2,1-4H3,(H,17,19)(H,18,20). The second-order valence-corrected chi connectivity index (χ2v) is 5.41. The van der Waals surface area contributed by atoms with Gasteiger partial charge in [-0.25, -0.2) is 0 Å². The van der Waals surface area contributed by atoms with Gasteiger partial charge in [-0.15, -0.1) is 0 Å². The second-order valence-electron chi connectivity index (χ2n) is 5.41. The lowest BCUT2D eigenvalue weighted by Crippen LogP contribution is -2.45. The third-order valence-electron chi connectivity index (χ3n) is 3.29. The number of rotatable bonds is 8. The highest BCUT2D eigenvalue weighted by Gasteiger charge is 2.35. The number of carbonyl (C=O) groups is 2. The van der Waals surface area contributed by atoms with Crippen molar-refractivity contribution in [2.24, 2.45) is 5.41 Å². The molecule has 0 aromatic heterocycles. The van der Waals surface area contributed by atoms with Gasteiger partial charge in [0.15, 0.2) is 0 Å². The zero-order chi connectivity index (χ0) is 16.6. The Hall–Kier alpha value is -2.08. The van der Waals surface area contributed by atoms with Gasteiger partial charge in [-0.05, 0) is 44.5 Å². The van der Waals surface area contributed by atoms with Crippen LogP contribution in [-0.2, 0) is 14.3 Å². The van der Waals surface area contributed by atoms with Gasteiger partial charge < -0.3 is 20.1 Å². The normalized spacial score (nSPS) is 10.9. The molecule has 0 atom stereocenters. The van der Waals surface area contributed by atoms with Crippen molar-refractivity contribution in [3.63, 3.8) is 0 Å². The van der Waals surface area contributed by atoms with Crippen LogP contribution in [0.15, 0.2) is 24.3 Å². The van der Waals surface area contributed by atoms with E-state index in [0.29, 0.717) is 31.0 Å². The molecule has 0 aliphatic carbocycles. The van der Waals surface area contributed by atoms with Gasteiger partial charge in [0.05, 0.1) is 7.11 Å². The van der Waals surface area contributed by atoms with Crippen molar-refractivity contribution in [1.29, 1.82) is 0 Å². The first kappa shape index (κ1) is 18.0. The molecule has 2 N–H and O–H groups in total. The van der Waals surface area contributed by atoms with E-state index in [1.165, 1.54) is 0 Å². The van der Waals surface area contributed by atoms with Crippen molar-refractivity contribution in [3.8, 4) is 5.75 Å². The van der Waals surface area contributed by atoms with Gasteiger partial charge in [0, 0.05) is 25.9 Å². The van der Waals surface area contributed by atoms with Crippen molar-refractivity contribution in [2.45, 2.75) is 20.3 Å². The van der Waals surface area contributed by atoms with Crippen molar-refractivity contribution >= 4 is 17.5 Å². The smallest absolute Gasteiger partial charge is 0.239 e. The molecule has 0 fully saturated rings. The number of carbonyl (C=O) groups excluding carboxylic acids is 2. The van der Waals surface area contributed by atoms with E-state index in [1.54, 1.807) is 52.3 Å². The van der Waals surface area contributed by atoms with Crippen molar-refractivity contribution in [2.75, 3.05) is 32.7 Å². The Morgan fingerprint density at radius 2 is 1.73 bits per heavy atom. The van der Waals surface area contributed by atoms with Gasteiger partial charge in [0.2, 0.25) is 11.8 Å². The summed E-state index contributed by atoms with van der Waals surface area (Å²) in [4.78, 5) is 24.4. The summed E-state index contributed by atoms with van der Waals surface area (Å²) in [6.45, 7) is 4.24. The molecule has 0 unspecified atom stereocenters. The maximum Gasteiger partial charge on any atom is 0.239 e. The number of hydrogen-bond donors (Lipinski definition) is 2. The summed E-state index contributed by atoms with van der Waals surface area (Å²) in [5.74, 6) is 0.0321. The van der Waals surface area contributed by atoms with E-state index >= 15 is 0 Å². The first-order chi connectivity index (χ1) is 10.4. The summed E-state index contributed by atoms with van der Waals surface area (Å²) < 4.78 is 9.97. The summed E-state index contributed by atoms with van der Waals surface area (Å²) in [7, 11) is 3.18. The molecule has 0 aliphatic heterocycles. The highest BCUT2D eigenvalue weighted by Crippen LogP contribution is 2.20. The first-order valence-electron chi connectivity index (χ1n) is 7.14. The summed E-state index contributed by atoms with van der Waals surface area (Å²) >= 11 is 0. The highest BCUT2D eigenvalue weighted by molar-refractivity contribution is 6.09. The van der Waals surface area contributed by atoms with Crippen LogP contribution in [0.1, 0.15) is 20.3 Å². The maximum atomic E-state index is 12.3. The minimum absolute atomic E-state index is 0.311. The molecule has 0 saturated carbocycles. The van der Waals surface area contributed by atoms with Crippen LogP contribution in [0.3, 0.4) is 0 Å². The Balaban J connectivity index is 2.58. The van der Waals surface area contributed by atoms with Gasteiger partial charge in [-0.3, -0.25) is 9.59 Å². The van der Waals surface area contributed by atoms with E-state index in [4.69, 9.17) is 9.47 Å². The fraction of sp³-hybridized carbons (Fsp3) is 0.500. The number of nitrogens with one attached hydrogen (secondary N) is 2. The Bertz CT molecular complexity index is 497. The fourth-order valence-electron chi connectivity index (χ4n) is 1.70. The number of benzene rings is 1. The van der Waals surface area contributed by atoms with Gasteiger partial charge in [0.25, 0.3) is 0 Å². The van der Waals surface area contributed by atoms with Gasteiger partial charge in [-0.1, -0.05) is 0 Å². The Morgan fingerprint density at radius 3 is 2.27 bits per heavy atom. The van der Waals surface area contributed by atoms with E-state index in [9.17, 15) is 9.59 Å². The molecule has 1 rings (SSSR count). The highest BCUT2D eigenvalue weighted by atomic mass is 16.5. The van der Waals surface area contributed by atoms with Gasteiger partial charge in [0.1, 0.15) is 11.2 Å². The number of amides is 2. The lowest BCUT2D eigenvalue weighted by molar-refractivity contribution is -0.138. The Kier molecular flexibility index (Phi) is 6.85. The number of hydrogen-bond acceptors (Lipinski definition) is 4. The van der Waals surface area contributed by atoms with Gasteiger partial charge >= 0.3 is 0 Å². The van der Waals surface area contributed by atoms with Crippen LogP contribution in [0, 0.1) is 5.41 Å². The largest absolute Gasteiger partial charge is 0.497 e. The molecule has 1 aromatic rings. The quantitative estimate of drug-likeness (QED) is 0.567. The predicted molar refractivity (Wildman–Crippen MR) is 84.9 cm³/mol. The number of anilines is 1. The van der Waals surface area contributed by atoms with Crippen molar-refractivity contribution < 1.29 is 19.1 Å². The lowest BCUT2D eigenvalue weighted by atomic mass is 9.91. The fourth-order valence-corrected chi connectivity index (χ4v) is 1.70. The molecule has 0 heterocycles. The minimum Gasteiger partial charge on any atom is -0.497 e. The van der Waals surface area contributed by atoms with Crippen molar-refractivity contribution in [3.05, 3.63) is 24.3 Å². The molecule has 2 amide bonds. The van der Waals surface area contributed by atoms with E-state index < -0.39 is 5.41 Å². The minimum atomic E-state index is -1.16. The number of ether oxygens (including phenoxy) is 2. The lowest BCUT2D eigenvalue weighted by Gasteiger charge is -2.22. The maximum absolute atomic E-state index is 12.3. The Labute approximate surface area is 131 Å². The molecule has 22 heavy (non-hydrogen) atoms. The molecule has 6 heteroatoms. The van der Waals surface area contributed by atoms with E-state index in [1.807, 2.05) is 0 Å². The first-order valence-corrected chi connectivity index (χ1v) is 7.14. The molecule has 0 aliphatic rings. The van der Waals surface area contributed by atoms with Crippen LogP contribution in [0.4, 0.5) is 5.69 Å². The van der Waals surface area contributed by atoms with Crippen LogP contribution < -0.4 is 15.4 Å². The monoisotopic (exact) mass is 308 g/mol. The topological polar surface area (TPSA) is 76.7 Å². The summed E-state index contributed by atoms with van der Waals surface area (Å²) in [6.07, 6.45) is 0.707. The van der Waals surface area contributed by atoms with Gasteiger partial charge in [-0.2, -0.15) is 0 Å². The predicted octanol–water partition coefficient (Wildman–Crippen LogP) is 1.81. The SMILES string of the molecule is COCCCNC(=O)C(C)(C)C(=O)Nc1ccc(OC)cc1. The van der Waals surface area contributed by atoms with Crippen LogP contribution in [-0.4, -0.2) is 39.2 Å².